The van der Waals surface area contributed by atoms with Crippen molar-refractivity contribution in [3.63, 3.8) is 0 Å². The lowest BCUT2D eigenvalue weighted by molar-refractivity contribution is 0.00858. The molecule has 23 heavy (non-hydrogen) atoms. The van der Waals surface area contributed by atoms with Crippen molar-refractivity contribution in [3.05, 3.63) is 35.1 Å². The van der Waals surface area contributed by atoms with Crippen LogP contribution in [0.15, 0.2) is 18.2 Å². The van der Waals surface area contributed by atoms with Crippen LogP contribution in [0.4, 0.5) is 4.39 Å². The number of benzene rings is 1. The predicted molar refractivity (Wildman–Crippen MR) is 87.7 cm³/mol. The minimum absolute atomic E-state index is 0.0876. The molecular formula is C19H26FNO2. The summed E-state index contributed by atoms with van der Waals surface area (Å²) in [6.45, 7) is 4.62. The summed E-state index contributed by atoms with van der Waals surface area (Å²) < 4.78 is 13.8. The number of hydrogen-bond acceptors (Lipinski definition) is 2. The van der Waals surface area contributed by atoms with Gasteiger partial charge in [-0.3, -0.25) is 4.79 Å². The first kappa shape index (κ1) is 16.4. The second-order valence-corrected chi connectivity index (χ2v) is 7.32. The molecule has 1 aliphatic carbocycles. The second-order valence-electron chi connectivity index (χ2n) is 7.32. The fraction of sp³-hybridized carbons (Fsp3) is 0.632. The van der Waals surface area contributed by atoms with E-state index in [2.05, 4.69) is 6.92 Å². The van der Waals surface area contributed by atoms with E-state index in [9.17, 15) is 14.3 Å². The van der Waals surface area contributed by atoms with Gasteiger partial charge in [0.1, 0.15) is 5.82 Å². The van der Waals surface area contributed by atoms with Crippen LogP contribution in [0.1, 0.15) is 54.9 Å². The van der Waals surface area contributed by atoms with Crippen molar-refractivity contribution >= 4 is 5.91 Å². The molecular weight excluding hydrogens is 293 g/mol. The van der Waals surface area contributed by atoms with Crippen LogP contribution in [-0.4, -0.2) is 34.6 Å². The Hall–Kier alpha value is -1.42. The van der Waals surface area contributed by atoms with Crippen molar-refractivity contribution in [2.75, 3.05) is 6.54 Å². The Morgan fingerprint density at radius 1 is 1.30 bits per heavy atom. The summed E-state index contributed by atoms with van der Waals surface area (Å²) >= 11 is 0. The van der Waals surface area contributed by atoms with Gasteiger partial charge in [0.2, 0.25) is 0 Å². The minimum Gasteiger partial charge on any atom is -0.393 e. The smallest absolute Gasteiger partial charge is 0.254 e. The van der Waals surface area contributed by atoms with Gasteiger partial charge < -0.3 is 10.0 Å². The first-order chi connectivity index (χ1) is 11.0. The number of carbonyl (C=O) groups excluding carboxylic acids is 1. The SMILES string of the molecule is Cc1ccc(C(=O)N2CCC[C@@H]2[C@@H]2C[C@H](C)CC[C@@H]2O)cc1F. The monoisotopic (exact) mass is 319 g/mol. The topological polar surface area (TPSA) is 40.5 Å². The first-order valence-corrected chi connectivity index (χ1v) is 8.72. The Kier molecular flexibility index (Phi) is 4.72. The Morgan fingerprint density at radius 2 is 2.09 bits per heavy atom. The van der Waals surface area contributed by atoms with E-state index in [4.69, 9.17) is 0 Å². The number of likely N-dealkylation sites (tertiary alicyclic amines) is 1. The molecule has 1 amide bonds. The molecule has 1 saturated heterocycles. The molecule has 0 unspecified atom stereocenters. The number of nitrogens with zero attached hydrogens (tertiary/aromatic N) is 1. The highest BCUT2D eigenvalue weighted by Crippen LogP contribution is 2.37. The molecule has 3 nitrogen and oxygen atoms in total. The van der Waals surface area contributed by atoms with Crippen molar-refractivity contribution in [2.45, 2.75) is 58.1 Å². The molecule has 2 aliphatic rings. The van der Waals surface area contributed by atoms with Crippen LogP contribution < -0.4 is 0 Å². The number of aliphatic hydroxyl groups is 1. The lowest BCUT2D eigenvalue weighted by Crippen LogP contribution is -2.46. The maximum atomic E-state index is 13.8. The zero-order chi connectivity index (χ0) is 16.6. The van der Waals surface area contributed by atoms with Gasteiger partial charge in [-0.15, -0.1) is 0 Å². The van der Waals surface area contributed by atoms with Crippen molar-refractivity contribution in [1.82, 2.24) is 4.90 Å². The first-order valence-electron chi connectivity index (χ1n) is 8.72. The molecule has 1 aromatic carbocycles. The number of hydrogen-bond donors (Lipinski definition) is 1. The normalized spacial score (nSPS) is 31.4. The molecule has 3 rings (SSSR count). The van der Waals surface area contributed by atoms with E-state index < -0.39 is 0 Å². The highest BCUT2D eigenvalue weighted by molar-refractivity contribution is 5.94. The van der Waals surface area contributed by atoms with Gasteiger partial charge in [0.05, 0.1) is 6.10 Å². The number of rotatable bonds is 2. The molecule has 1 aromatic rings. The van der Waals surface area contributed by atoms with Crippen molar-refractivity contribution in [3.8, 4) is 0 Å². The molecule has 1 N–H and O–H groups in total. The van der Waals surface area contributed by atoms with Crippen LogP contribution in [-0.2, 0) is 0 Å². The largest absolute Gasteiger partial charge is 0.393 e. The summed E-state index contributed by atoms with van der Waals surface area (Å²) in [5.74, 6) is 0.313. The van der Waals surface area contributed by atoms with E-state index in [1.807, 2.05) is 4.90 Å². The van der Waals surface area contributed by atoms with Crippen LogP contribution in [0.25, 0.3) is 0 Å². The number of aliphatic hydroxyl groups excluding tert-OH is 1. The second kappa shape index (κ2) is 6.60. The fourth-order valence-electron chi connectivity index (χ4n) is 4.20. The average Bonchev–Trinajstić information content (AvgIpc) is 3.01. The zero-order valence-corrected chi connectivity index (χ0v) is 14.0. The molecule has 0 radical (unpaired) electrons. The van der Waals surface area contributed by atoms with Crippen LogP contribution >= 0.6 is 0 Å². The van der Waals surface area contributed by atoms with Crippen molar-refractivity contribution in [2.24, 2.45) is 11.8 Å². The highest BCUT2D eigenvalue weighted by atomic mass is 19.1. The summed E-state index contributed by atoms with van der Waals surface area (Å²) in [6, 6.07) is 4.79. The van der Waals surface area contributed by atoms with Crippen LogP contribution in [0.2, 0.25) is 0 Å². The lowest BCUT2D eigenvalue weighted by Gasteiger charge is -2.39. The maximum Gasteiger partial charge on any atom is 0.254 e. The average molecular weight is 319 g/mol. The van der Waals surface area contributed by atoms with Gasteiger partial charge in [0.25, 0.3) is 5.91 Å². The number of halogens is 1. The van der Waals surface area contributed by atoms with E-state index >= 15 is 0 Å². The van der Waals surface area contributed by atoms with Gasteiger partial charge in [0, 0.05) is 24.1 Å². The van der Waals surface area contributed by atoms with Gasteiger partial charge in [-0.2, -0.15) is 0 Å². The van der Waals surface area contributed by atoms with E-state index in [1.165, 1.54) is 6.07 Å². The third-order valence-corrected chi connectivity index (χ3v) is 5.60. The molecule has 4 atom stereocenters. The highest BCUT2D eigenvalue weighted by Gasteiger charge is 2.40. The van der Waals surface area contributed by atoms with Crippen molar-refractivity contribution in [1.29, 1.82) is 0 Å². The Labute approximate surface area is 137 Å². The van der Waals surface area contributed by atoms with Gasteiger partial charge >= 0.3 is 0 Å². The number of aryl methyl sites for hydroxylation is 1. The lowest BCUT2D eigenvalue weighted by atomic mass is 9.76. The van der Waals surface area contributed by atoms with Crippen LogP contribution in [0, 0.1) is 24.6 Å². The van der Waals surface area contributed by atoms with Crippen LogP contribution in [0.3, 0.4) is 0 Å². The Bertz CT molecular complexity index is 589. The van der Waals surface area contributed by atoms with E-state index in [0.29, 0.717) is 23.6 Å². The summed E-state index contributed by atoms with van der Waals surface area (Å²) in [5, 5.41) is 10.4. The van der Waals surface area contributed by atoms with Crippen LogP contribution in [0.5, 0.6) is 0 Å². The van der Waals surface area contributed by atoms with Gasteiger partial charge in [-0.1, -0.05) is 13.0 Å². The van der Waals surface area contributed by atoms with Gasteiger partial charge in [0.15, 0.2) is 0 Å². The molecule has 1 heterocycles. The number of carbonyl (C=O) groups is 1. The fourth-order valence-corrected chi connectivity index (χ4v) is 4.20. The predicted octanol–water partition coefficient (Wildman–Crippen LogP) is 3.54. The third-order valence-electron chi connectivity index (χ3n) is 5.60. The molecule has 2 fully saturated rings. The summed E-state index contributed by atoms with van der Waals surface area (Å²) in [5.41, 5.74) is 0.967. The third kappa shape index (κ3) is 3.27. The van der Waals surface area contributed by atoms with Crippen molar-refractivity contribution < 1.29 is 14.3 Å². The molecule has 1 aliphatic heterocycles. The molecule has 1 saturated carbocycles. The summed E-state index contributed by atoms with van der Waals surface area (Å²) in [4.78, 5) is 14.7. The quantitative estimate of drug-likeness (QED) is 0.906. The van der Waals surface area contributed by atoms with Gasteiger partial charge in [-0.25, -0.2) is 4.39 Å². The Morgan fingerprint density at radius 3 is 2.83 bits per heavy atom. The molecule has 4 heteroatoms. The number of amides is 1. The summed E-state index contributed by atoms with van der Waals surface area (Å²) in [6.07, 6.45) is 4.43. The zero-order valence-electron chi connectivity index (χ0n) is 14.0. The maximum absolute atomic E-state index is 13.8. The minimum atomic E-state index is -0.335. The molecule has 0 bridgehead atoms. The van der Waals surface area contributed by atoms with E-state index in [1.54, 1.807) is 19.1 Å². The van der Waals surface area contributed by atoms with Gasteiger partial charge in [-0.05, 0) is 62.6 Å². The Balaban J connectivity index is 1.80. The summed E-state index contributed by atoms with van der Waals surface area (Å²) in [7, 11) is 0. The van der Waals surface area contributed by atoms with E-state index in [-0.39, 0.29) is 29.8 Å². The molecule has 126 valence electrons. The van der Waals surface area contributed by atoms with E-state index in [0.717, 1.165) is 32.1 Å². The molecule has 0 spiro atoms. The standard InChI is InChI=1S/C19H26FNO2/c1-12-5-8-18(22)15(10-12)17-4-3-9-21(17)19(23)14-7-6-13(2)16(20)11-14/h6-7,11-12,15,17-18,22H,3-5,8-10H2,1-2H3/t12-,15+,17-,18+/m1/s1. The molecule has 0 aromatic heterocycles.